The summed E-state index contributed by atoms with van der Waals surface area (Å²) in [5, 5.41) is 51.6. The number of hydrogen-bond acceptors (Lipinski definition) is 8. The molecular weight excluding hydrogens is 504 g/mol. The largest absolute Gasteiger partial charge is 0.481 e. The third kappa shape index (κ3) is 10.5. The van der Waals surface area contributed by atoms with Crippen LogP contribution in [0.3, 0.4) is 0 Å². The fraction of sp³-hybridized carbons (Fsp3) is 0.733. The summed E-state index contributed by atoms with van der Waals surface area (Å²) >= 11 is 0. The Morgan fingerprint density at radius 3 is 2.62 bits per heavy atom. The number of carbonyl (C=O) groups is 2. The highest BCUT2D eigenvalue weighted by Crippen LogP contribution is 2.37. The van der Waals surface area contributed by atoms with Crippen LogP contribution in [0.25, 0.3) is 0 Å². The van der Waals surface area contributed by atoms with Gasteiger partial charge in [-0.25, -0.2) is 0 Å². The van der Waals surface area contributed by atoms with Gasteiger partial charge < -0.3 is 35.0 Å². The average Bonchev–Trinajstić information content (AvgIpc) is 3.59. The number of carbonyl (C=O) groups excluding carboxylic acids is 1. The second kappa shape index (κ2) is 14.0. The van der Waals surface area contributed by atoms with Crippen LogP contribution in [0, 0.1) is 17.8 Å². The Balaban J connectivity index is 2.18. The van der Waals surface area contributed by atoms with E-state index in [-0.39, 0.29) is 49.7 Å². The molecule has 0 aliphatic carbocycles. The van der Waals surface area contributed by atoms with Crippen LogP contribution in [0.1, 0.15) is 80.1 Å². The summed E-state index contributed by atoms with van der Waals surface area (Å²) in [6.07, 6.45) is 6.90. The molecule has 0 unspecified atom stereocenters. The van der Waals surface area contributed by atoms with Crippen LogP contribution in [0.5, 0.6) is 0 Å². The molecule has 0 radical (unpaired) electrons. The zero-order chi connectivity index (χ0) is 29.5. The second-order valence-corrected chi connectivity index (χ2v) is 11.9. The Morgan fingerprint density at radius 2 is 2.00 bits per heavy atom. The molecule has 1 fully saturated rings. The third-order valence-corrected chi connectivity index (χ3v) is 8.01. The maximum absolute atomic E-state index is 12.6. The number of carboxylic acid groups (broad SMARTS) is 1. The Labute approximate surface area is 232 Å². The number of epoxide rings is 1. The van der Waals surface area contributed by atoms with Crippen LogP contribution in [0.2, 0.25) is 0 Å². The van der Waals surface area contributed by atoms with E-state index in [0.717, 1.165) is 0 Å². The predicted octanol–water partition coefficient (Wildman–Crippen LogP) is 3.30. The molecular formula is C30H48O9. The minimum absolute atomic E-state index is 0.00967. The smallest absolute Gasteiger partial charge is 0.309 e. The number of hydrogen-bond donors (Lipinski definition) is 5. The zero-order valence-corrected chi connectivity index (χ0v) is 24.1. The molecule has 2 aliphatic rings. The van der Waals surface area contributed by atoms with Gasteiger partial charge in [-0.05, 0) is 45.6 Å². The van der Waals surface area contributed by atoms with Gasteiger partial charge in [0.15, 0.2) is 0 Å². The van der Waals surface area contributed by atoms with E-state index in [4.69, 9.17) is 9.47 Å². The van der Waals surface area contributed by atoms with Crippen LogP contribution in [0.15, 0.2) is 36.0 Å². The van der Waals surface area contributed by atoms with Crippen molar-refractivity contribution in [2.75, 3.05) is 0 Å². The first-order chi connectivity index (χ1) is 18.1. The van der Waals surface area contributed by atoms with E-state index < -0.39 is 47.4 Å². The monoisotopic (exact) mass is 552 g/mol. The van der Waals surface area contributed by atoms with Crippen molar-refractivity contribution in [2.45, 2.75) is 122 Å². The molecule has 0 spiro atoms. The average molecular weight is 553 g/mol. The molecule has 9 nitrogen and oxygen atoms in total. The molecule has 10 atom stereocenters. The fourth-order valence-corrected chi connectivity index (χ4v) is 5.19. The third-order valence-electron chi connectivity index (χ3n) is 8.01. The number of cyclic esters (lactones) is 1. The summed E-state index contributed by atoms with van der Waals surface area (Å²) in [6, 6.07) is 0. The van der Waals surface area contributed by atoms with Crippen molar-refractivity contribution in [1.82, 2.24) is 0 Å². The molecule has 0 bridgehead atoms. The van der Waals surface area contributed by atoms with Crippen molar-refractivity contribution in [2.24, 2.45) is 17.8 Å². The van der Waals surface area contributed by atoms with Gasteiger partial charge in [0.05, 0.1) is 48.5 Å². The van der Waals surface area contributed by atoms with E-state index in [1.165, 1.54) is 0 Å². The standard InChI is InChI=1S/C30H48O9/c1-7-23(32)20(4)28-24(38-28)17-29(5,36)13-8-9-18(2)27-19(3)10-11-21(15-25(33)34)30(6,37)14-12-22(31)16-26(35)39-27/h8-11,13,19-24,27-28,31-32,36-37H,7,12,14-17H2,1-6H3,(H,33,34)/b11-10+,13-8+,18-9+/t19-,20+,21+,22+,23-,24+,27+,28+,29-,30+/m0/s1. The highest BCUT2D eigenvalue weighted by atomic mass is 16.6. The molecule has 0 aromatic heterocycles. The SMILES string of the molecule is CC[C@H](O)[C@@H](C)[C@H]1O[C@@H]1C[C@@](C)(O)/C=C/C=C(\C)[C@H]1OC(=O)C[C@H](O)CC[C@@](C)(O)[C@@H](CC(=O)O)/C=C/[C@@H]1C. The lowest BCUT2D eigenvalue weighted by Gasteiger charge is -2.32. The van der Waals surface area contributed by atoms with Crippen LogP contribution in [-0.2, 0) is 19.1 Å². The summed E-state index contributed by atoms with van der Waals surface area (Å²) in [6.45, 7) is 10.7. The Kier molecular flexibility index (Phi) is 11.9. The summed E-state index contributed by atoms with van der Waals surface area (Å²) in [5.41, 5.74) is -1.83. The van der Waals surface area contributed by atoms with Crippen molar-refractivity contribution in [3.63, 3.8) is 0 Å². The topological polar surface area (TPSA) is 157 Å². The van der Waals surface area contributed by atoms with E-state index in [2.05, 4.69) is 0 Å². The number of esters is 1. The highest BCUT2D eigenvalue weighted by Gasteiger charge is 2.47. The second-order valence-electron chi connectivity index (χ2n) is 11.9. The lowest BCUT2D eigenvalue weighted by Crippen LogP contribution is -2.37. The molecule has 2 aliphatic heterocycles. The van der Waals surface area contributed by atoms with Gasteiger partial charge in [-0.2, -0.15) is 0 Å². The molecule has 9 heteroatoms. The van der Waals surface area contributed by atoms with Gasteiger partial charge in [0, 0.05) is 24.2 Å². The maximum atomic E-state index is 12.6. The number of aliphatic hydroxyl groups excluding tert-OH is 2. The maximum Gasteiger partial charge on any atom is 0.309 e. The van der Waals surface area contributed by atoms with Gasteiger partial charge in [-0.3, -0.25) is 9.59 Å². The van der Waals surface area contributed by atoms with Gasteiger partial charge in [-0.1, -0.05) is 51.2 Å². The summed E-state index contributed by atoms with van der Waals surface area (Å²) in [7, 11) is 0. The van der Waals surface area contributed by atoms with E-state index in [9.17, 15) is 35.1 Å². The van der Waals surface area contributed by atoms with Gasteiger partial charge in [0.1, 0.15) is 6.10 Å². The number of aliphatic carboxylic acids is 1. The van der Waals surface area contributed by atoms with Crippen molar-refractivity contribution in [3.8, 4) is 0 Å². The van der Waals surface area contributed by atoms with Gasteiger partial charge >= 0.3 is 11.9 Å². The van der Waals surface area contributed by atoms with E-state index >= 15 is 0 Å². The summed E-state index contributed by atoms with van der Waals surface area (Å²) < 4.78 is 11.4. The minimum atomic E-state index is -1.37. The van der Waals surface area contributed by atoms with Crippen molar-refractivity contribution < 1.29 is 44.6 Å². The quantitative estimate of drug-likeness (QED) is 0.119. The van der Waals surface area contributed by atoms with E-state index in [0.29, 0.717) is 18.4 Å². The number of aliphatic hydroxyl groups is 4. The zero-order valence-electron chi connectivity index (χ0n) is 24.1. The highest BCUT2D eigenvalue weighted by molar-refractivity contribution is 5.70. The predicted molar refractivity (Wildman–Crippen MR) is 147 cm³/mol. The number of allylic oxidation sites excluding steroid dienone is 2. The summed E-state index contributed by atoms with van der Waals surface area (Å²) in [5.74, 6) is -2.66. The Morgan fingerprint density at radius 1 is 1.33 bits per heavy atom. The molecule has 2 rings (SSSR count). The van der Waals surface area contributed by atoms with Crippen molar-refractivity contribution in [3.05, 3.63) is 36.0 Å². The first kappa shape index (κ1) is 33.2. The van der Waals surface area contributed by atoms with Gasteiger partial charge in [0.25, 0.3) is 0 Å². The van der Waals surface area contributed by atoms with Gasteiger partial charge in [-0.15, -0.1) is 0 Å². The number of carboxylic acids is 1. The van der Waals surface area contributed by atoms with Crippen LogP contribution < -0.4 is 0 Å². The molecule has 0 amide bonds. The number of rotatable bonds is 10. The molecule has 2 heterocycles. The van der Waals surface area contributed by atoms with E-state index in [1.807, 2.05) is 20.8 Å². The molecule has 222 valence electrons. The Hall–Kier alpha value is -2.04. The molecule has 5 N–H and O–H groups in total. The minimum Gasteiger partial charge on any atom is -0.481 e. The summed E-state index contributed by atoms with van der Waals surface area (Å²) in [4.78, 5) is 24.0. The molecule has 0 aromatic rings. The number of ether oxygens (including phenoxy) is 2. The molecule has 1 saturated heterocycles. The Bertz CT molecular complexity index is 919. The first-order valence-electron chi connectivity index (χ1n) is 14.0. The lowest BCUT2D eigenvalue weighted by molar-refractivity contribution is -0.151. The fourth-order valence-electron chi connectivity index (χ4n) is 5.19. The van der Waals surface area contributed by atoms with Gasteiger partial charge in [0.2, 0.25) is 0 Å². The van der Waals surface area contributed by atoms with Crippen LogP contribution >= 0.6 is 0 Å². The van der Waals surface area contributed by atoms with Crippen molar-refractivity contribution >= 4 is 11.9 Å². The van der Waals surface area contributed by atoms with Crippen LogP contribution in [-0.4, -0.2) is 79.2 Å². The molecule has 39 heavy (non-hydrogen) atoms. The lowest BCUT2D eigenvalue weighted by atomic mass is 9.80. The normalized spacial score (nSPS) is 36.7. The first-order valence-corrected chi connectivity index (χ1v) is 14.0. The molecule has 0 saturated carbocycles. The van der Waals surface area contributed by atoms with Crippen molar-refractivity contribution in [1.29, 1.82) is 0 Å². The molecule has 0 aromatic carbocycles. The van der Waals surface area contributed by atoms with E-state index in [1.54, 1.807) is 51.2 Å². The van der Waals surface area contributed by atoms with Crippen LogP contribution in [0.4, 0.5) is 0 Å².